The normalized spacial score (nSPS) is 6.75. The van der Waals surface area contributed by atoms with Crippen LogP contribution in [0.4, 0.5) is 8.63 Å². The minimum atomic E-state index is -2.69. The average Bonchev–Trinajstić information content (AvgIpc) is 0.811. The second-order valence-electron chi connectivity index (χ2n) is 0.247. The number of halogens is 3. The second-order valence-corrected chi connectivity index (χ2v) is 0.577. The first kappa shape index (κ1) is 4.21. The van der Waals surface area contributed by atoms with Crippen LogP contribution >= 0.6 is 11.5 Å². The highest BCUT2D eigenvalue weighted by molar-refractivity contribution is 6.98. The van der Waals surface area contributed by atoms with Crippen molar-refractivity contribution >= 4 is 18.1 Å². The van der Waals surface area contributed by atoms with Crippen molar-refractivity contribution in [3.63, 3.8) is 0 Å². The zero-order valence-corrected chi connectivity index (χ0v) is 2.47. The van der Waals surface area contributed by atoms with Gasteiger partial charge in [0.25, 0.3) is 0 Å². The van der Waals surface area contributed by atoms with Crippen LogP contribution in [0.15, 0.2) is 0 Å². The molecule has 0 heterocycles. The largest absolute Gasteiger partial charge is 0.650 e. The van der Waals surface area contributed by atoms with Gasteiger partial charge in [-0.1, -0.05) is 0 Å². The van der Waals surface area contributed by atoms with E-state index >= 15 is 0 Å². The van der Waals surface area contributed by atoms with Gasteiger partial charge in [0.15, 0.2) is 0 Å². The zero-order chi connectivity index (χ0) is 3.58. The molecule has 0 rings (SSSR count). The summed E-state index contributed by atoms with van der Waals surface area (Å²) in [5.41, 5.74) is 0. The molecule has 0 aromatic heterocycles. The van der Waals surface area contributed by atoms with Crippen molar-refractivity contribution in [2.45, 2.75) is 0 Å². The maximum absolute atomic E-state index is 10.1. The van der Waals surface area contributed by atoms with Gasteiger partial charge in [-0.25, -0.2) is 0 Å². The molecule has 0 amide bonds. The van der Waals surface area contributed by atoms with E-state index in [0.29, 0.717) is 0 Å². The van der Waals surface area contributed by atoms with Crippen molar-refractivity contribution in [3.8, 4) is 0 Å². The Morgan fingerprint density at radius 3 is 1.50 bits per heavy atom. The Morgan fingerprint density at radius 2 is 1.50 bits per heavy atom. The lowest BCUT2D eigenvalue weighted by Gasteiger charge is -1.57. The minimum Gasteiger partial charge on any atom is -0.270 e. The summed E-state index contributed by atoms with van der Waals surface area (Å²) in [6, 6.07) is 0. The molecule has 4 heavy (non-hydrogen) atoms. The van der Waals surface area contributed by atoms with E-state index in [-0.39, 0.29) is 0 Å². The maximum atomic E-state index is 10.1. The first-order valence-corrected chi connectivity index (χ1v) is 1.09. The molecule has 0 aromatic rings. The molecule has 0 N–H and O–H groups in total. The molecule has 0 fully saturated rings. The molecule has 0 radical (unpaired) electrons. The number of rotatable bonds is 0. The fourth-order valence-corrected chi connectivity index (χ4v) is 0. The topological polar surface area (TPSA) is 0 Å². The van der Waals surface area contributed by atoms with Gasteiger partial charge < -0.3 is 0 Å². The van der Waals surface area contributed by atoms with E-state index in [1.807, 2.05) is 0 Å². The van der Waals surface area contributed by atoms with E-state index in [1.165, 1.54) is 0 Å². The number of hydrogen-bond acceptors (Lipinski definition) is 0. The van der Waals surface area contributed by atoms with E-state index in [2.05, 4.69) is 11.5 Å². The lowest BCUT2D eigenvalue weighted by Crippen LogP contribution is -1.73. The van der Waals surface area contributed by atoms with Gasteiger partial charge in [0.1, 0.15) is 0 Å². The van der Waals surface area contributed by atoms with Crippen molar-refractivity contribution in [1.29, 1.82) is 0 Å². The fraction of sp³-hybridized carbons (Fsp3) is 0. The van der Waals surface area contributed by atoms with Crippen LogP contribution < -0.4 is 0 Å². The molecule has 0 saturated carbocycles. The van der Waals surface area contributed by atoms with Crippen LogP contribution in [0.2, 0.25) is 0 Å². The predicted molar refractivity (Wildman–Crippen MR) is 13.8 cm³/mol. The molecule has 0 saturated heterocycles. The lowest BCUT2D eigenvalue weighted by atomic mass is 10.5. The molecule has 0 aliphatic carbocycles. The molecule has 4 heteroatoms. The van der Waals surface area contributed by atoms with Crippen LogP contribution in [-0.4, -0.2) is 6.68 Å². The van der Waals surface area contributed by atoms with Crippen LogP contribution in [0.3, 0.4) is 0 Å². The Morgan fingerprint density at radius 1 is 1.50 bits per heavy atom. The summed E-state index contributed by atoms with van der Waals surface area (Å²) in [6.07, 6.45) is 0. The predicted octanol–water partition coefficient (Wildman–Crippen LogP) is 1.15. The van der Waals surface area contributed by atoms with E-state index < -0.39 is 6.68 Å². The van der Waals surface area contributed by atoms with Gasteiger partial charge in [0.2, 0.25) is 0 Å². The molecule has 24 valence electrons. The van der Waals surface area contributed by atoms with Crippen LogP contribution in [0.5, 0.6) is 0 Å². The van der Waals surface area contributed by atoms with Gasteiger partial charge in [-0.05, 0) is 0 Å². The van der Waals surface area contributed by atoms with Gasteiger partial charge >= 0.3 is 6.68 Å². The van der Waals surface area contributed by atoms with E-state index in [9.17, 15) is 8.63 Å². The van der Waals surface area contributed by atoms with Crippen molar-refractivity contribution < 1.29 is 8.63 Å². The van der Waals surface area contributed by atoms with E-state index in [1.54, 1.807) is 0 Å². The number of hydrogen-bond donors (Lipinski definition) is 0. The first-order chi connectivity index (χ1) is 1.73. The summed E-state index contributed by atoms with van der Waals surface area (Å²) < 4.78 is 20.2. The van der Waals surface area contributed by atoms with Crippen molar-refractivity contribution in [3.05, 3.63) is 0 Å². The third-order valence-corrected chi connectivity index (χ3v) is 0. The highest BCUT2D eigenvalue weighted by atomic mass is 35.5. The smallest absolute Gasteiger partial charge is 0.270 e. The Bertz CT molecular complexity index is 10.8. The monoisotopic (exact) mass is 84.0 g/mol. The van der Waals surface area contributed by atoms with Gasteiger partial charge in [0.05, 0.1) is 0 Å². The summed E-state index contributed by atoms with van der Waals surface area (Å²) in [6.45, 7) is -2.69. The molecular formula is BClF2. The molecule has 0 atom stereocenters. The summed E-state index contributed by atoms with van der Waals surface area (Å²) in [7, 11) is 0. The molecule has 0 aliphatic rings. The lowest BCUT2D eigenvalue weighted by molar-refractivity contribution is 0.698. The van der Waals surface area contributed by atoms with E-state index in [0.717, 1.165) is 0 Å². The third kappa shape index (κ3) is 70.8. The van der Waals surface area contributed by atoms with Crippen LogP contribution in [0, 0.1) is 0 Å². The summed E-state index contributed by atoms with van der Waals surface area (Å²) in [5.74, 6) is 0. The molecule has 0 spiro atoms. The van der Waals surface area contributed by atoms with Gasteiger partial charge in [-0.3, -0.25) is 8.63 Å². The molecule has 0 bridgehead atoms. The quantitative estimate of drug-likeness (QED) is 0.386. The van der Waals surface area contributed by atoms with Crippen molar-refractivity contribution in [2.24, 2.45) is 0 Å². The maximum Gasteiger partial charge on any atom is 0.650 e. The summed E-state index contributed by atoms with van der Waals surface area (Å²) in [5, 5.41) is 0. The Balaban J connectivity index is 2.32. The molecule has 0 nitrogen and oxygen atoms in total. The Kier molecular flexibility index (Phi) is 1.61. The van der Waals surface area contributed by atoms with Crippen molar-refractivity contribution in [2.75, 3.05) is 0 Å². The van der Waals surface area contributed by atoms with Crippen LogP contribution in [0.25, 0.3) is 0 Å². The van der Waals surface area contributed by atoms with Gasteiger partial charge in [-0.2, -0.15) is 0 Å². The highest BCUT2D eigenvalue weighted by Crippen LogP contribution is 1.86. The molecule has 0 unspecified atom stereocenters. The standard InChI is InChI=1S/BClF2/c2-1(3)4. The Labute approximate surface area is 27.8 Å². The summed E-state index contributed by atoms with van der Waals surface area (Å²) in [4.78, 5) is 0. The minimum absolute atomic E-state index is 2.69. The fourth-order valence-electron chi connectivity index (χ4n) is 0. The van der Waals surface area contributed by atoms with Crippen LogP contribution in [0.1, 0.15) is 0 Å². The molecule has 0 aromatic carbocycles. The highest BCUT2D eigenvalue weighted by Gasteiger charge is 2.00. The van der Waals surface area contributed by atoms with E-state index in [4.69, 9.17) is 0 Å². The summed E-state index contributed by atoms with van der Waals surface area (Å²) >= 11 is 3.94. The van der Waals surface area contributed by atoms with Gasteiger partial charge in [-0.15, -0.1) is 11.5 Å². The second kappa shape index (κ2) is 1.53. The third-order valence-electron chi connectivity index (χ3n) is 0. The Hall–Kier alpha value is 0.215. The average molecular weight is 84.3 g/mol. The molecular weight excluding hydrogens is 84.3 g/mol. The van der Waals surface area contributed by atoms with Crippen LogP contribution in [-0.2, 0) is 0 Å². The van der Waals surface area contributed by atoms with Crippen molar-refractivity contribution in [1.82, 2.24) is 0 Å². The molecule has 0 aliphatic heterocycles. The zero-order valence-electron chi connectivity index (χ0n) is 1.71. The van der Waals surface area contributed by atoms with Gasteiger partial charge in [0, 0.05) is 0 Å². The first-order valence-electron chi connectivity index (χ1n) is 0.655. The SMILES string of the molecule is FB(F)Cl.